The Labute approximate surface area is 178 Å². The van der Waals surface area contributed by atoms with E-state index in [0.717, 1.165) is 0 Å². The Balaban J connectivity index is 1.78. The molecule has 2 aromatic carbocycles. The van der Waals surface area contributed by atoms with E-state index in [1.54, 1.807) is 41.0 Å². The van der Waals surface area contributed by atoms with Gasteiger partial charge in [-0.2, -0.15) is 0 Å². The average molecular weight is 432 g/mol. The maximum atomic E-state index is 12.9. The molecule has 0 spiro atoms. The lowest BCUT2D eigenvalue weighted by atomic mass is 10.2. The molecule has 3 rings (SSSR count). The number of hydrogen-bond donors (Lipinski definition) is 1. The first kappa shape index (κ1) is 21.4. The summed E-state index contributed by atoms with van der Waals surface area (Å²) in [6.07, 6.45) is 0.688. The largest absolute Gasteiger partial charge is 0.382 e. The number of thioether (sulfide) groups is 1. The molecular weight excluding hydrogens is 410 g/mol. The number of amides is 1. The summed E-state index contributed by atoms with van der Waals surface area (Å²) in [6, 6.07) is 14.3. The van der Waals surface area contributed by atoms with Crippen molar-refractivity contribution in [2.24, 2.45) is 0 Å². The first-order valence-electron chi connectivity index (χ1n) is 9.34. The zero-order valence-corrected chi connectivity index (χ0v) is 17.6. The van der Waals surface area contributed by atoms with Gasteiger partial charge >= 0.3 is 0 Å². The van der Waals surface area contributed by atoms with Gasteiger partial charge in [0, 0.05) is 19.8 Å². The predicted octanol–water partition coefficient (Wildman–Crippen LogP) is 4.21. The lowest BCUT2D eigenvalue weighted by molar-refractivity contribution is -0.113. The molecule has 3 aromatic rings. The minimum atomic E-state index is -0.216. The van der Waals surface area contributed by atoms with Crippen molar-refractivity contribution < 1.29 is 9.53 Å². The second kappa shape index (κ2) is 10.4. The highest BCUT2D eigenvalue weighted by Gasteiger charge is 2.14. The maximum absolute atomic E-state index is 12.9. The van der Waals surface area contributed by atoms with Gasteiger partial charge in [0.05, 0.1) is 27.4 Å². The quantitative estimate of drug-likeness (QED) is 0.312. The molecule has 1 N–H and O–H groups in total. The van der Waals surface area contributed by atoms with E-state index >= 15 is 0 Å². The van der Waals surface area contributed by atoms with Crippen molar-refractivity contribution >= 4 is 45.9 Å². The number of aromatic nitrogens is 2. The summed E-state index contributed by atoms with van der Waals surface area (Å²) < 4.78 is 7.00. The van der Waals surface area contributed by atoms with Gasteiger partial charge in [0.15, 0.2) is 5.16 Å². The fraction of sp³-hybridized carbons (Fsp3) is 0.286. The van der Waals surface area contributed by atoms with Crippen molar-refractivity contribution in [1.29, 1.82) is 0 Å². The molecular formula is C21H22ClN3O3S. The van der Waals surface area contributed by atoms with Crippen molar-refractivity contribution in [3.8, 4) is 0 Å². The number of benzene rings is 2. The Bertz CT molecular complexity index is 1050. The molecule has 152 valence electrons. The summed E-state index contributed by atoms with van der Waals surface area (Å²) in [4.78, 5) is 29.9. The van der Waals surface area contributed by atoms with Crippen LogP contribution in [0.2, 0.25) is 5.02 Å². The number of anilines is 1. The van der Waals surface area contributed by atoms with E-state index in [1.165, 1.54) is 11.8 Å². The van der Waals surface area contributed by atoms with E-state index in [0.29, 0.717) is 52.9 Å². The summed E-state index contributed by atoms with van der Waals surface area (Å²) in [5.74, 6) is -0.104. The number of halogens is 1. The number of ether oxygens (including phenoxy) is 1. The third kappa shape index (κ3) is 5.59. The lowest BCUT2D eigenvalue weighted by Gasteiger charge is -2.13. The minimum absolute atomic E-state index is 0.110. The van der Waals surface area contributed by atoms with Gasteiger partial charge in [-0.15, -0.1) is 0 Å². The number of fused-ring (bicyclic) bond motifs is 1. The van der Waals surface area contributed by atoms with Crippen LogP contribution in [0.5, 0.6) is 0 Å². The molecule has 0 fully saturated rings. The highest BCUT2D eigenvalue weighted by atomic mass is 35.5. The van der Waals surface area contributed by atoms with Gasteiger partial charge < -0.3 is 10.1 Å². The van der Waals surface area contributed by atoms with Gasteiger partial charge in [-0.05, 0) is 37.6 Å². The Morgan fingerprint density at radius 1 is 1.21 bits per heavy atom. The van der Waals surface area contributed by atoms with Gasteiger partial charge in [-0.3, -0.25) is 14.2 Å². The second-order valence-corrected chi connectivity index (χ2v) is 7.59. The summed E-state index contributed by atoms with van der Waals surface area (Å²) in [5, 5.41) is 4.34. The van der Waals surface area contributed by atoms with Crippen LogP contribution in [0.25, 0.3) is 10.9 Å². The van der Waals surface area contributed by atoms with Crippen molar-refractivity contribution in [1.82, 2.24) is 9.55 Å². The summed E-state index contributed by atoms with van der Waals surface area (Å²) in [5.41, 5.74) is 1.06. The standard InChI is InChI=1S/C21H22ClN3O3S/c1-2-28-13-7-12-25-20(27)15-8-3-5-10-17(15)24-21(25)29-14-19(26)23-18-11-6-4-9-16(18)22/h3-6,8-11H,2,7,12-14H2,1H3,(H,23,26). The SMILES string of the molecule is CCOCCCn1c(SCC(=O)Nc2ccccc2Cl)nc2ccccc2c1=O. The van der Waals surface area contributed by atoms with Crippen molar-refractivity contribution in [3.05, 3.63) is 63.9 Å². The van der Waals surface area contributed by atoms with Crippen molar-refractivity contribution in [2.75, 3.05) is 24.3 Å². The number of para-hydroxylation sites is 2. The number of carbonyl (C=O) groups excluding carboxylic acids is 1. The normalized spacial score (nSPS) is 11.0. The van der Waals surface area contributed by atoms with Crippen LogP contribution >= 0.6 is 23.4 Å². The molecule has 0 atom stereocenters. The molecule has 0 bridgehead atoms. The fourth-order valence-electron chi connectivity index (χ4n) is 2.80. The number of nitrogens with zero attached hydrogens (tertiary/aromatic N) is 2. The first-order valence-corrected chi connectivity index (χ1v) is 10.7. The van der Waals surface area contributed by atoms with Crippen LogP contribution in [0.15, 0.2) is 58.5 Å². The zero-order valence-electron chi connectivity index (χ0n) is 16.1. The number of rotatable bonds is 9. The summed E-state index contributed by atoms with van der Waals surface area (Å²) >= 11 is 7.32. The van der Waals surface area contributed by atoms with Crippen LogP contribution in [0.1, 0.15) is 13.3 Å². The van der Waals surface area contributed by atoms with Crippen LogP contribution in [0, 0.1) is 0 Å². The Kier molecular flexibility index (Phi) is 7.69. The van der Waals surface area contributed by atoms with Crippen LogP contribution in [-0.2, 0) is 16.1 Å². The monoisotopic (exact) mass is 431 g/mol. The van der Waals surface area contributed by atoms with Gasteiger partial charge in [0.1, 0.15) is 0 Å². The molecule has 0 unspecified atom stereocenters. The van der Waals surface area contributed by atoms with E-state index in [2.05, 4.69) is 10.3 Å². The molecule has 0 aliphatic carbocycles. The summed E-state index contributed by atoms with van der Waals surface area (Å²) in [6.45, 7) is 3.61. The smallest absolute Gasteiger partial charge is 0.262 e. The lowest BCUT2D eigenvalue weighted by Crippen LogP contribution is -2.25. The van der Waals surface area contributed by atoms with Crippen LogP contribution in [-0.4, -0.2) is 34.4 Å². The molecule has 0 saturated heterocycles. The van der Waals surface area contributed by atoms with Crippen LogP contribution in [0.4, 0.5) is 5.69 Å². The summed E-state index contributed by atoms with van der Waals surface area (Å²) in [7, 11) is 0. The van der Waals surface area contributed by atoms with Gasteiger partial charge in [0.25, 0.3) is 5.56 Å². The highest BCUT2D eigenvalue weighted by Crippen LogP contribution is 2.22. The van der Waals surface area contributed by atoms with E-state index in [1.807, 2.05) is 19.1 Å². The predicted molar refractivity (Wildman–Crippen MR) is 118 cm³/mol. The molecule has 1 heterocycles. The number of nitrogens with one attached hydrogen (secondary N) is 1. The molecule has 0 radical (unpaired) electrons. The Morgan fingerprint density at radius 3 is 2.76 bits per heavy atom. The molecule has 1 aromatic heterocycles. The van der Waals surface area contributed by atoms with Crippen LogP contribution < -0.4 is 10.9 Å². The number of hydrogen-bond acceptors (Lipinski definition) is 5. The van der Waals surface area contributed by atoms with Gasteiger partial charge in [-0.1, -0.05) is 47.6 Å². The highest BCUT2D eigenvalue weighted by molar-refractivity contribution is 7.99. The second-order valence-electron chi connectivity index (χ2n) is 6.24. The molecule has 0 aliphatic rings. The molecule has 8 heteroatoms. The van der Waals surface area contributed by atoms with Crippen molar-refractivity contribution in [2.45, 2.75) is 25.0 Å². The van der Waals surface area contributed by atoms with E-state index in [4.69, 9.17) is 16.3 Å². The number of carbonyl (C=O) groups is 1. The topological polar surface area (TPSA) is 73.2 Å². The fourth-order valence-corrected chi connectivity index (χ4v) is 3.81. The minimum Gasteiger partial charge on any atom is -0.382 e. The van der Waals surface area contributed by atoms with Gasteiger partial charge in [-0.25, -0.2) is 4.98 Å². The third-order valence-electron chi connectivity index (χ3n) is 4.18. The van der Waals surface area contributed by atoms with Gasteiger partial charge in [0.2, 0.25) is 5.91 Å². The van der Waals surface area contributed by atoms with E-state index in [9.17, 15) is 9.59 Å². The average Bonchev–Trinajstić information content (AvgIpc) is 2.73. The van der Waals surface area contributed by atoms with Crippen LogP contribution in [0.3, 0.4) is 0 Å². The van der Waals surface area contributed by atoms with Crippen molar-refractivity contribution in [3.63, 3.8) is 0 Å². The maximum Gasteiger partial charge on any atom is 0.262 e. The molecule has 0 saturated carbocycles. The molecule has 6 nitrogen and oxygen atoms in total. The first-order chi connectivity index (χ1) is 14.1. The Hall–Kier alpha value is -2.35. The molecule has 1 amide bonds. The molecule has 0 aliphatic heterocycles. The third-order valence-corrected chi connectivity index (χ3v) is 5.49. The van der Waals surface area contributed by atoms with E-state index < -0.39 is 0 Å². The van der Waals surface area contributed by atoms with E-state index in [-0.39, 0.29) is 17.2 Å². The molecule has 29 heavy (non-hydrogen) atoms. The zero-order chi connectivity index (χ0) is 20.6. The Morgan fingerprint density at radius 2 is 1.97 bits per heavy atom.